The second kappa shape index (κ2) is 8.87. The van der Waals surface area contributed by atoms with Crippen LogP contribution in [0.15, 0.2) is 34.4 Å². The standard InChI is InChI=1S/C20H22N4O4S/c1-5-28-15-7-6-14(8-16(15)27-4)9-22-23-17(25)10-24-11-21-19-18(20(24)26)12(2)13(3)29-19/h6-9,11H,5,10H2,1-4H3,(H,23,25)/b22-9+. The monoisotopic (exact) mass is 414 g/mol. The number of amides is 1. The molecule has 3 aromatic rings. The van der Waals surface area contributed by atoms with Crippen LogP contribution < -0.4 is 20.5 Å². The molecule has 1 aromatic carbocycles. The van der Waals surface area contributed by atoms with Crippen LogP contribution in [0.1, 0.15) is 22.9 Å². The summed E-state index contributed by atoms with van der Waals surface area (Å²) < 4.78 is 12.0. The van der Waals surface area contributed by atoms with E-state index in [1.165, 1.54) is 28.4 Å². The van der Waals surface area contributed by atoms with Gasteiger partial charge in [-0.25, -0.2) is 10.4 Å². The number of methoxy groups -OCH3 is 1. The Morgan fingerprint density at radius 2 is 2.14 bits per heavy atom. The van der Waals surface area contributed by atoms with E-state index in [1.807, 2.05) is 20.8 Å². The molecule has 2 aromatic heterocycles. The number of ether oxygens (including phenoxy) is 2. The Morgan fingerprint density at radius 3 is 2.86 bits per heavy atom. The molecule has 0 aliphatic carbocycles. The van der Waals surface area contributed by atoms with Crippen molar-refractivity contribution in [2.24, 2.45) is 5.10 Å². The molecule has 0 spiro atoms. The fourth-order valence-electron chi connectivity index (χ4n) is 2.79. The summed E-state index contributed by atoms with van der Waals surface area (Å²) in [5.74, 6) is 0.791. The van der Waals surface area contributed by atoms with Gasteiger partial charge in [0.05, 0.1) is 31.6 Å². The van der Waals surface area contributed by atoms with Crippen molar-refractivity contribution in [1.29, 1.82) is 0 Å². The summed E-state index contributed by atoms with van der Waals surface area (Å²) in [4.78, 5) is 30.8. The van der Waals surface area contributed by atoms with Crippen molar-refractivity contribution in [3.63, 3.8) is 0 Å². The van der Waals surface area contributed by atoms with E-state index in [0.717, 1.165) is 16.0 Å². The third-order valence-electron chi connectivity index (χ3n) is 4.36. The van der Waals surface area contributed by atoms with Gasteiger partial charge in [0.15, 0.2) is 11.5 Å². The maximum absolute atomic E-state index is 12.6. The number of benzene rings is 1. The smallest absolute Gasteiger partial charge is 0.262 e. The van der Waals surface area contributed by atoms with Gasteiger partial charge in [-0.1, -0.05) is 0 Å². The lowest BCUT2D eigenvalue weighted by molar-refractivity contribution is -0.121. The molecule has 0 aliphatic heterocycles. The topological polar surface area (TPSA) is 94.8 Å². The largest absolute Gasteiger partial charge is 0.493 e. The van der Waals surface area contributed by atoms with Gasteiger partial charge in [-0.3, -0.25) is 14.2 Å². The summed E-state index contributed by atoms with van der Waals surface area (Å²) >= 11 is 1.47. The third-order valence-corrected chi connectivity index (χ3v) is 5.48. The van der Waals surface area contributed by atoms with E-state index in [0.29, 0.717) is 28.3 Å². The molecule has 152 valence electrons. The maximum Gasteiger partial charge on any atom is 0.262 e. The number of hydrazone groups is 1. The normalized spacial score (nSPS) is 11.2. The van der Waals surface area contributed by atoms with E-state index in [9.17, 15) is 9.59 Å². The zero-order chi connectivity index (χ0) is 21.0. The molecule has 0 saturated carbocycles. The lowest BCUT2D eigenvalue weighted by Crippen LogP contribution is -2.30. The molecular formula is C20H22N4O4S. The second-order valence-electron chi connectivity index (χ2n) is 6.28. The first kappa shape index (κ1) is 20.5. The van der Waals surface area contributed by atoms with Crippen LogP contribution in [-0.4, -0.2) is 35.4 Å². The number of aromatic nitrogens is 2. The number of nitrogens with one attached hydrogen (secondary N) is 1. The van der Waals surface area contributed by atoms with Gasteiger partial charge in [0.25, 0.3) is 11.5 Å². The zero-order valence-electron chi connectivity index (χ0n) is 16.7. The first-order chi connectivity index (χ1) is 13.9. The molecule has 2 heterocycles. The number of carbonyl (C=O) groups is 1. The highest BCUT2D eigenvalue weighted by atomic mass is 32.1. The van der Waals surface area contributed by atoms with E-state index < -0.39 is 5.91 Å². The minimum absolute atomic E-state index is 0.167. The average Bonchev–Trinajstić information content (AvgIpc) is 3.00. The quantitative estimate of drug-likeness (QED) is 0.474. The maximum atomic E-state index is 12.6. The second-order valence-corrected chi connectivity index (χ2v) is 7.48. The SMILES string of the molecule is CCOc1ccc(/C=N/NC(=O)Cn2cnc3sc(C)c(C)c3c2=O)cc1OC. The number of rotatable bonds is 7. The van der Waals surface area contributed by atoms with Crippen LogP contribution in [0.2, 0.25) is 0 Å². The highest BCUT2D eigenvalue weighted by Crippen LogP contribution is 2.27. The molecule has 0 aliphatic rings. The molecule has 29 heavy (non-hydrogen) atoms. The average molecular weight is 414 g/mol. The van der Waals surface area contributed by atoms with Crippen LogP contribution >= 0.6 is 11.3 Å². The van der Waals surface area contributed by atoms with Crippen LogP contribution in [0.5, 0.6) is 11.5 Å². The van der Waals surface area contributed by atoms with Gasteiger partial charge in [0, 0.05) is 4.88 Å². The molecule has 9 heteroatoms. The molecule has 1 amide bonds. The van der Waals surface area contributed by atoms with E-state index in [-0.39, 0.29) is 12.1 Å². The van der Waals surface area contributed by atoms with Gasteiger partial charge in [-0.15, -0.1) is 11.3 Å². The molecule has 0 unspecified atom stereocenters. The van der Waals surface area contributed by atoms with Crippen LogP contribution in [0, 0.1) is 13.8 Å². The fraction of sp³-hybridized carbons (Fsp3) is 0.300. The van der Waals surface area contributed by atoms with Crippen molar-refractivity contribution in [3.05, 3.63) is 50.9 Å². The summed E-state index contributed by atoms with van der Waals surface area (Å²) in [6.45, 7) is 6.09. The van der Waals surface area contributed by atoms with Crippen molar-refractivity contribution in [2.75, 3.05) is 13.7 Å². The Balaban J connectivity index is 1.69. The molecule has 0 atom stereocenters. The van der Waals surface area contributed by atoms with Gasteiger partial charge in [-0.2, -0.15) is 5.10 Å². The van der Waals surface area contributed by atoms with E-state index >= 15 is 0 Å². The summed E-state index contributed by atoms with van der Waals surface area (Å²) in [7, 11) is 1.56. The number of fused-ring (bicyclic) bond motifs is 1. The van der Waals surface area contributed by atoms with E-state index in [4.69, 9.17) is 9.47 Å². The van der Waals surface area contributed by atoms with Crippen molar-refractivity contribution >= 4 is 33.7 Å². The van der Waals surface area contributed by atoms with Crippen molar-refractivity contribution in [2.45, 2.75) is 27.3 Å². The number of hydrogen-bond donors (Lipinski definition) is 1. The molecule has 0 saturated heterocycles. The van der Waals surface area contributed by atoms with Crippen LogP contribution in [0.25, 0.3) is 10.2 Å². The number of aryl methyl sites for hydroxylation is 2. The van der Waals surface area contributed by atoms with Crippen molar-refractivity contribution in [3.8, 4) is 11.5 Å². The molecule has 0 fully saturated rings. The number of hydrogen-bond acceptors (Lipinski definition) is 7. The molecular weight excluding hydrogens is 392 g/mol. The van der Waals surface area contributed by atoms with Crippen LogP contribution in [0.4, 0.5) is 0 Å². The number of nitrogens with zero attached hydrogens (tertiary/aromatic N) is 3. The minimum atomic E-state index is -0.424. The Labute approximate surface area is 171 Å². The zero-order valence-corrected chi connectivity index (χ0v) is 17.5. The van der Waals surface area contributed by atoms with Crippen LogP contribution in [-0.2, 0) is 11.3 Å². The molecule has 0 radical (unpaired) electrons. The predicted octanol–water partition coefficient (Wildman–Crippen LogP) is 2.63. The molecule has 0 bridgehead atoms. The van der Waals surface area contributed by atoms with E-state index in [1.54, 1.807) is 25.3 Å². The Bertz CT molecular complexity index is 1130. The Morgan fingerprint density at radius 1 is 1.34 bits per heavy atom. The van der Waals surface area contributed by atoms with Gasteiger partial charge in [0.2, 0.25) is 0 Å². The van der Waals surface area contributed by atoms with Gasteiger partial charge in [-0.05, 0) is 50.1 Å². The van der Waals surface area contributed by atoms with Crippen molar-refractivity contribution < 1.29 is 14.3 Å². The minimum Gasteiger partial charge on any atom is -0.493 e. The Hall–Kier alpha value is -3.20. The number of thiophene rings is 1. The lowest BCUT2D eigenvalue weighted by atomic mass is 10.2. The molecule has 3 rings (SSSR count). The summed E-state index contributed by atoms with van der Waals surface area (Å²) in [5, 5.41) is 4.51. The first-order valence-electron chi connectivity index (χ1n) is 9.02. The first-order valence-corrected chi connectivity index (χ1v) is 9.84. The van der Waals surface area contributed by atoms with Crippen molar-refractivity contribution in [1.82, 2.24) is 15.0 Å². The molecule has 1 N–H and O–H groups in total. The third kappa shape index (κ3) is 4.45. The highest BCUT2D eigenvalue weighted by Gasteiger charge is 2.13. The fourth-order valence-corrected chi connectivity index (χ4v) is 3.78. The van der Waals surface area contributed by atoms with Gasteiger partial charge < -0.3 is 9.47 Å². The summed E-state index contributed by atoms with van der Waals surface area (Å²) in [6, 6.07) is 5.33. The predicted molar refractivity (Wildman–Crippen MR) is 113 cm³/mol. The van der Waals surface area contributed by atoms with Gasteiger partial charge in [0.1, 0.15) is 11.4 Å². The summed E-state index contributed by atoms with van der Waals surface area (Å²) in [5.41, 5.74) is 3.83. The van der Waals surface area contributed by atoms with E-state index in [2.05, 4.69) is 15.5 Å². The summed E-state index contributed by atoms with van der Waals surface area (Å²) in [6.07, 6.45) is 2.88. The highest BCUT2D eigenvalue weighted by molar-refractivity contribution is 7.18. The van der Waals surface area contributed by atoms with Crippen LogP contribution in [0.3, 0.4) is 0 Å². The Kier molecular flexibility index (Phi) is 6.28. The number of carbonyl (C=O) groups excluding carboxylic acids is 1. The molecule has 8 nitrogen and oxygen atoms in total. The lowest BCUT2D eigenvalue weighted by Gasteiger charge is -2.09. The van der Waals surface area contributed by atoms with Gasteiger partial charge >= 0.3 is 0 Å².